The molecule has 13 heteroatoms. The Labute approximate surface area is 204 Å². The number of nitrogens with zero attached hydrogens (tertiary/aromatic N) is 3. The molecule has 0 spiro atoms. The number of H-pyrrole nitrogens is 1. The van der Waals surface area contributed by atoms with Crippen molar-refractivity contribution in [1.29, 1.82) is 0 Å². The van der Waals surface area contributed by atoms with Crippen molar-refractivity contribution < 1.29 is 32.2 Å². The highest BCUT2D eigenvalue weighted by Crippen LogP contribution is 2.31. The molecule has 0 aliphatic carbocycles. The van der Waals surface area contributed by atoms with Crippen LogP contribution in [0.25, 0.3) is 11.3 Å². The molecule has 4 heterocycles. The van der Waals surface area contributed by atoms with E-state index in [1.807, 2.05) is 0 Å². The number of aromatic nitrogens is 3. The molecule has 2 aliphatic heterocycles. The van der Waals surface area contributed by atoms with E-state index in [4.69, 9.17) is 21.1 Å². The molecule has 2 amide bonds. The maximum Gasteiger partial charge on any atom is 0.414 e. The van der Waals surface area contributed by atoms with Crippen LogP contribution < -0.4 is 10.1 Å². The Hall–Kier alpha value is -2.86. The number of piperidine rings is 1. The number of alkyl halides is 3. The SMILES string of the molecule is COc1cc(-c2cc(C(=O)N3CCC(C(=O)N[C@@H]4CC[C@H](C(F)(F)F)OC4)CC3)[nH]n2)c(Cl)cn1. The van der Waals surface area contributed by atoms with Gasteiger partial charge >= 0.3 is 6.18 Å². The van der Waals surface area contributed by atoms with Gasteiger partial charge in [-0.05, 0) is 31.7 Å². The molecule has 2 atom stereocenters. The average Bonchev–Trinajstić information content (AvgIpc) is 3.34. The van der Waals surface area contributed by atoms with E-state index in [1.165, 1.54) is 13.3 Å². The van der Waals surface area contributed by atoms with Crippen LogP contribution in [0.15, 0.2) is 18.3 Å². The number of ether oxygens (including phenoxy) is 2. The first kappa shape index (κ1) is 25.2. The van der Waals surface area contributed by atoms with Crippen LogP contribution in [0.4, 0.5) is 13.2 Å². The fourth-order valence-electron chi connectivity index (χ4n) is 4.25. The van der Waals surface area contributed by atoms with Gasteiger partial charge in [-0.2, -0.15) is 18.3 Å². The van der Waals surface area contributed by atoms with E-state index < -0.39 is 18.3 Å². The summed E-state index contributed by atoms with van der Waals surface area (Å²) in [5, 5.41) is 10.1. The number of carbonyl (C=O) groups excluding carboxylic acids is 2. The van der Waals surface area contributed by atoms with Crippen LogP contribution in [-0.2, 0) is 9.53 Å². The quantitative estimate of drug-likeness (QED) is 0.633. The topological polar surface area (TPSA) is 109 Å². The van der Waals surface area contributed by atoms with Gasteiger partial charge in [0.1, 0.15) is 5.69 Å². The highest BCUT2D eigenvalue weighted by atomic mass is 35.5. The number of rotatable bonds is 5. The molecule has 0 unspecified atom stereocenters. The smallest absolute Gasteiger partial charge is 0.414 e. The number of halogens is 4. The molecule has 0 aromatic carbocycles. The van der Waals surface area contributed by atoms with Crippen LogP contribution in [0.2, 0.25) is 5.02 Å². The van der Waals surface area contributed by atoms with Gasteiger partial charge in [-0.15, -0.1) is 0 Å². The number of amides is 2. The first-order chi connectivity index (χ1) is 16.7. The van der Waals surface area contributed by atoms with Crippen molar-refractivity contribution in [3.8, 4) is 17.1 Å². The van der Waals surface area contributed by atoms with Crippen molar-refractivity contribution in [2.75, 3.05) is 26.8 Å². The Morgan fingerprint density at radius 3 is 2.60 bits per heavy atom. The summed E-state index contributed by atoms with van der Waals surface area (Å²) >= 11 is 6.20. The molecular formula is C22H25ClF3N5O4. The van der Waals surface area contributed by atoms with Crippen molar-refractivity contribution in [3.05, 3.63) is 29.0 Å². The third-order valence-corrected chi connectivity index (χ3v) is 6.57. The minimum absolute atomic E-state index is 0.164. The Kier molecular flexibility index (Phi) is 7.50. The van der Waals surface area contributed by atoms with E-state index >= 15 is 0 Å². The normalized spacial score (nSPS) is 21.6. The van der Waals surface area contributed by atoms with Crippen molar-refractivity contribution >= 4 is 23.4 Å². The zero-order valence-corrected chi connectivity index (χ0v) is 19.7. The Balaban J connectivity index is 1.28. The lowest BCUT2D eigenvalue weighted by Gasteiger charge is -2.34. The first-order valence-electron chi connectivity index (χ1n) is 11.2. The predicted octanol–water partition coefficient (Wildman–Crippen LogP) is 3.21. The molecule has 2 aliphatic rings. The second kappa shape index (κ2) is 10.4. The van der Waals surface area contributed by atoms with Gasteiger partial charge < -0.3 is 19.7 Å². The average molecular weight is 516 g/mol. The largest absolute Gasteiger partial charge is 0.481 e. The van der Waals surface area contributed by atoms with Gasteiger partial charge in [0.15, 0.2) is 6.10 Å². The van der Waals surface area contributed by atoms with Crippen molar-refractivity contribution in [2.24, 2.45) is 5.92 Å². The summed E-state index contributed by atoms with van der Waals surface area (Å²) in [4.78, 5) is 31.2. The van der Waals surface area contributed by atoms with E-state index in [0.717, 1.165) is 0 Å². The van der Waals surface area contributed by atoms with Crippen molar-refractivity contribution in [3.63, 3.8) is 0 Å². The van der Waals surface area contributed by atoms with Crippen LogP contribution >= 0.6 is 11.6 Å². The standard InChI is InChI=1S/C22H25ClF3N5O4/c1-34-19-8-14(15(23)10-27-19)16-9-17(30-29-16)21(33)31-6-4-12(5-7-31)20(32)28-13-2-3-18(35-11-13)22(24,25)26/h8-10,12-13,18H,2-7,11H2,1H3,(H,28,32)(H,29,30)/t13-,18-/m1/s1. The number of hydrogen-bond acceptors (Lipinski definition) is 6. The molecule has 4 rings (SSSR count). The molecule has 2 aromatic rings. The van der Waals surface area contributed by atoms with Gasteiger partial charge in [0, 0.05) is 30.6 Å². The van der Waals surface area contributed by atoms with Crippen LogP contribution in [0, 0.1) is 5.92 Å². The molecule has 2 aromatic heterocycles. The summed E-state index contributed by atoms with van der Waals surface area (Å²) in [6.45, 7) is 0.571. The predicted molar refractivity (Wildman–Crippen MR) is 119 cm³/mol. The molecule has 0 saturated carbocycles. The summed E-state index contributed by atoms with van der Waals surface area (Å²) < 4.78 is 48.1. The van der Waals surface area contributed by atoms with E-state index in [0.29, 0.717) is 48.1 Å². The Morgan fingerprint density at radius 1 is 1.23 bits per heavy atom. The molecule has 0 bridgehead atoms. The summed E-state index contributed by atoms with van der Waals surface area (Å²) in [6.07, 6.45) is -3.79. The lowest BCUT2D eigenvalue weighted by atomic mass is 9.94. The lowest BCUT2D eigenvalue weighted by Crippen LogP contribution is -2.49. The zero-order chi connectivity index (χ0) is 25.2. The lowest BCUT2D eigenvalue weighted by molar-refractivity contribution is -0.232. The number of aromatic amines is 1. The minimum Gasteiger partial charge on any atom is -0.481 e. The highest BCUT2D eigenvalue weighted by molar-refractivity contribution is 6.33. The summed E-state index contributed by atoms with van der Waals surface area (Å²) in [6, 6.07) is 2.78. The molecule has 35 heavy (non-hydrogen) atoms. The molecule has 2 saturated heterocycles. The summed E-state index contributed by atoms with van der Waals surface area (Å²) in [5.74, 6) is -0.430. The third kappa shape index (κ3) is 5.87. The highest BCUT2D eigenvalue weighted by Gasteiger charge is 2.43. The van der Waals surface area contributed by atoms with Crippen molar-refractivity contribution in [1.82, 2.24) is 25.4 Å². The minimum atomic E-state index is -4.39. The summed E-state index contributed by atoms with van der Waals surface area (Å²) in [5.41, 5.74) is 1.32. The van der Waals surface area contributed by atoms with E-state index in [9.17, 15) is 22.8 Å². The van der Waals surface area contributed by atoms with Gasteiger partial charge in [-0.3, -0.25) is 14.7 Å². The van der Waals surface area contributed by atoms with Crippen LogP contribution in [0.1, 0.15) is 36.2 Å². The number of hydrogen-bond donors (Lipinski definition) is 2. The van der Waals surface area contributed by atoms with Gasteiger partial charge in [-0.25, -0.2) is 4.98 Å². The number of nitrogens with one attached hydrogen (secondary N) is 2. The second-order valence-corrected chi connectivity index (χ2v) is 8.99. The Morgan fingerprint density at radius 2 is 1.97 bits per heavy atom. The zero-order valence-electron chi connectivity index (χ0n) is 18.9. The van der Waals surface area contributed by atoms with Crippen LogP contribution in [0.5, 0.6) is 5.88 Å². The number of pyridine rings is 1. The van der Waals surface area contributed by atoms with Gasteiger partial charge in [0.2, 0.25) is 11.8 Å². The molecule has 2 fully saturated rings. The maximum absolute atomic E-state index is 12.9. The van der Waals surface area contributed by atoms with Gasteiger partial charge in [0.25, 0.3) is 5.91 Å². The molecule has 2 N–H and O–H groups in total. The van der Waals surface area contributed by atoms with Gasteiger partial charge in [0.05, 0.1) is 36.7 Å². The van der Waals surface area contributed by atoms with Crippen LogP contribution in [0.3, 0.4) is 0 Å². The monoisotopic (exact) mass is 515 g/mol. The fraction of sp³-hybridized carbons (Fsp3) is 0.545. The van der Waals surface area contributed by atoms with E-state index in [-0.39, 0.29) is 42.9 Å². The maximum atomic E-state index is 12.9. The third-order valence-electron chi connectivity index (χ3n) is 6.26. The van der Waals surface area contributed by atoms with Gasteiger partial charge in [-0.1, -0.05) is 11.6 Å². The summed E-state index contributed by atoms with van der Waals surface area (Å²) in [7, 11) is 1.48. The van der Waals surface area contributed by atoms with E-state index in [2.05, 4.69) is 20.5 Å². The number of likely N-dealkylation sites (tertiary alicyclic amines) is 1. The van der Waals surface area contributed by atoms with Crippen LogP contribution in [-0.4, -0.2) is 77.0 Å². The Bertz CT molecular complexity index is 1060. The molecule has 9 nitrogen and oxygen atoms in total. The second-order valence-electron chi connectivity index (χ2n) is 8.59. The molecular weight excluding hydrogens is 491 g/mol. The molecule has 0 radical (unpaired) electrons. The van der Waals surface area contributed by atoms with Crippen molar-refractivity contribution in [2.45, 2.75) is 44.0 Å². The first-order valence-corrected chi connectivity index (χ1v) is 11.6. The fourth-order valence-corrected chi connectivity index (χ4v) is 4.45. The molecule has 190 valence electrons. The van der Waals surface area contributed by atoms with E-state index in [1.54, 1.807) is 17.0 Å². The number of methoxy groups -OCH3 is 1. The number of carbonyl (C=O) groups is 2.